The van der Waals surface area contributed by atoms with E-state index in [0.29, 0.717) is 11.0 Å². The first-order valence-corrected chi connectivity index (χ1v) is 11.8. The SMILES string of the molecule is O=S(=O)(O)C1=CC2=CC=C(O)C(N=Nc3ccc4ccccc4c3S(=O)(=O)O)C2C=C1. The Morgan fingerprint density at radius 3 is 2.35 bits per heavy atom. The Kier molecular flexibility index (Phi) is 5.13. The molecule has 2 aliphatic carbocycles. The highest BCUT2D eigenvalue weighted by Crippen LogP contribution is 2.37. The lowest BCUT2D eigenvalue weighted by Crippen LogP contribution is -2.25. The number of fused-ring (bicyclic) bond motifs is 2. The van der Waals surface area contributed by atoms with Crippen LogP contribution in [-0.2, 0) is 20.2 Å². The highest BCUT2D eigenvalue weighted by molar-refractivity contribution is 7.90. The zero-order chi connectivity index (χ0) is 22.4. The third-order valence-corrected chi connectivity index (χ3v) is 6.75. The molecule has 31 heavy (non-hydrogen) atoms. The van der Waals surface area contributed by atoms with Crippen molar-refractivity contribution in [1.82, 2.24) is 0 Å². The fourth-order valence-corrected chi connectivity index (χ4v) is 4.90. The first-order valence-electron chi connectivity index (χ1n) is 8.94. The standard InChI is InChI=1S/C20H16N2O7S2/c23-18-10-6-13-11-14(30(24,25)26)7-8-15(13)19(18)22-21-17-9-5-12-3-1-2-4-16(12)20(17)31(27,28)29/h1-11,15,19,23H,(H,24,25,26)(H,27,28,29). The summed E-state index contributed by atoms with van der Waals surface area (Å²) in [5.74, 6) is -0.756. The lowest BCUT2D eigenvalue weighted by molar-refractivity contribution is 0.341. The van der Waals surface area contributed by atoms with Crippen LogP contribution in [0.5, 0.6) is 0 Å². The molecule has 2 aromatic rings. The van der Waals surface area contributed by atoms with E-state index in [0.717, 1.165) is 0 Å². The maximum atomic E-state index is 12.0. The third-order valence-electron chi connectivity index (χ3n) is 4.96. The molecule has 4 rings (SSSR count). The van der Waals surface area contributed by atoms with Gasteiger partial charge in [0, 0.05) is 11.3 Å². The van der Waals surface area contributed by atoms with Crippen LogP contribution in [0.2, 0.25) is 0 Å². The van der Waals surface area contributed by atoms with Gasteiger partial charge in [0.2, 0.25) is 0 Å². The van der Waals surface area contributed by atoms with Crippen LogP contribution in [0.1, 0.15) is 0 Å². The van der Waals surface area contributed by atoms with Gasteiger partial charge in [-0.05, 0) is 35.3 Å². The Labute approximate surface area is 177 Å². The van der Waals surface area contributed by atoms with Crippen molar-refractivity contribution >= 4 is 36.7 Å². The van der Waals surface area contributed by atoms with Crippen molar-refractivity contribution < 1.29 is 31.0 Å². The fraction of sp³-hybridized carbons (Fsp3) is 0.100. The van der Waals surface area contributed by atoms with Gasteiger partial charge in [0.25, 0.3) is 20.2 Å². The van der Waals surface area contributed by atoms with Crippen LogP contribution in [0.3, 0.4) is 0 Å². The monoisotopic (exact) mass is 460 g/mol. The molecule has 9 nitrogen and oxygen atoms in total. The number of aliphatic hydroxyl groups excluding tert-OH is 1. The van der Waals surface area contributed by atoms with E-state index in [2.05, 4.69) is 10.2 Å². The van der Waals surface area contributed by atoms with Gasteiger partial charge in [-0.15, -0.1) is 0 Å². The predicted octanol–water partition coefficient (Wildman–Crippen LogP) is 3.88. The molecule has 2 aromatic carbocycles. The topological polar surface area (TPSA) is 154 Å². The molecule has 0 saturated carbocycles. The van der Waals surface area contributed by atoms with Crippen LogP contribution in [0.25, 0.3) is 10.8 Å². The van der Waals surface area contributed by atoms with Crippen LogP contribution in [0.4, 0.5) is 5.69 Å². The van der Waals surface area contributed by atoms with E-state index in [4.69, 9.17) is 0 Å². The van der Waals surface area contributed by atoms with Gasteiger partial charge in [0.15, 0.2) is 0 Å². The van der Waals surface area contributed by atoms with Crippen LogP contribution in [0, 0.1) is 5.92 Å². The highest BCUT2D eigenvalue weighted by Gasteiger charge is 2.32. The molecule has 0 aliphatic heterocycles. The van der Waals surface area contributed by atoms with Crippen LogP contribution in [0.15, 0.2) is 98.1 Å². The van der Waals surface area contributed by atoms with Crippen molar-refractivity contribution in [3.63, 3.8) is 0 Å². The first kappa shape index (κ1) is 21.1. The zero-order valence-corrected chi connectivity index (χ0v) is 17.3. The maximum absolute atomic E-state index is 12.0. The molecule has 0 radical (unpaired) electrons. The molecular weight excluding hydrogens is 444 g/mol. The molecule has 3 N–H and O–H groups in total. The maximum Gasteiger partial charge on any atom is 0.297 e. The largest absolute Gasteiger partial charge is 0.510 e. The molecule has 0 fully saturated rings. The molecule has 160 valence electrons. The number of nitrogens with zero attached hydrogens (tertiary/aromatic N) is 2. The van der Waals surface area contributed by atoms with Crippen molar-refractivity contribution in [1.29, 1.82) is 0 Å². The smallest absolute Gasteiger partial charge is 0.297 e. The van der Waals surface area contributed by atoms with Gasteiger partial charge in [-0.2, -0.15) is 27.1 Å². The summed E-state index contributed by atoms with van der Waals surface area (Å²) in [6, 6.07) is 8.61. The Morgan fingerprint density at radius 1 is 0.903 bits per heavy atom. The van der Waals surface area contributed by atoms with E-state index in [1.165, 1.54) is 42.5 Å². The summed E-state index contributed by atoms with van der Waals surface area (Å²) in [4.78, 5) is -0.708. The quantitative estimate of drug-likeness (QED) is 0.462. The lowest BCUT2D eigenvalue weighted by Gasteiger charge is -2.26. The molecule has 0 spiro atoms. The van der Waals surface area contributed by atoms with Gasteiger partial charge < -0.3 is 5.11 Å². The first-order chi connectivity index (χ1) is 14.6. The summed E-state index contributed by atoms with van der Waals surface area (Å²) in [5, 5.41) is 19.2. The summed E-state index contributed by atoms with van der Waals surface area (Å²) >= 11 is 0. The summed E-state index contributed by atoms with van der Waals surface area (Å²) in [6.07, 6.45) is 6.70. The second kappa shape index (κ2) is 7.54. The minimum Gasteiger partial charge on any atom is -0.510 e. The Balaban J connectivity index is 1.76. The molecule has 2 atom stereocenters. The van der Waals surface area contributed by atoms with Crippen molar-refractivity contribution in [3.05, 3.63) is 83.0 Å². The molecule has 11 heteroatoms. The molecule has 0 bridgehead atoms. The normalized spacial score (nSPS) is 21.5. The van der Waals surface area contributed by atoms with Gasteiger partial charge in [-0.3, -0.25) is 9.11 Å². The number of rotatable bonds is 4. The van der Waals surface area contributed by atoms with Crippen molar-refractivity contribution in [2.24, 2.45) is 16.1 Å². The van der Waals surface area contributed by atoms with E-state index in [9.17, 15) is 31.0 Å². The Morgan fingerprint density at radius 2 is 1.65 bits per heavy atom. The molecule has 0 amide bonds. The van der Waals surface area contributed by atoms with Crippen LogP contribution >= 0.6 is 0 Å². The van der Waals surface area contributed by atoms with E-state index < -0.39 is 37.1 Å². The van der Waals surface area contributed by atoms with E-state index in [-0.39, 0.29) is 21.7 Å². The van der Waals surface area contributed by atoms with Crippen molar-refractivity contribution in [2.45, 2.75) is 10.9 Å². The van der Waals surface area contributed by atoms with Gasteiger partial charge in [-0.1, -0.05) is 42.5 Å². The minimum atomic E-state index is -4.63. The predicted molar refractivity (Wildman–Crippen MR) is 113 cm³/mol. The highest BCUT2D eigenvalue weighted by atomic mass is 32.2. The van der Waals surface area contributed by atoms with Crippen molar-refractivity contribution in [2.75, 3.05) is 0 Å². The number of aliphatic hydroxyl groups is 1. The second-order valence-electron chi connectivity index (χ2n) is 6.94. The van der Waals surface area contributed by atoms with Gasteiger partial charge in [0.1, 0.15) is 22.4 Å². The summed E-state index contributed by atoms with van der Waals surface area (Å²) in [7, 11) is -9.04. The molecule has 2 unspecified atom stereocenters. The average molecular weight is 460 g/mol. The molecule has 0 saturated heterocycles. The summed E-state index contributed by atoms with van der Waals surface area (Å²) in [6.45, 7) is 0. The van der Waals surface area contributed by atoms with E-state index >= 15 is 0 Å². The zero-order valence-electron chi connectivity index (χ0n) is 15.7. The second-order valence-corrected chi connectivity index (χ2v) is 9.72. The Bertz CT molecular complexity index is 1450. The van der Waals surface area contributed by atoms with Crippen LogP contribution in [-0.4, -0.2) is 37.1 Å². The van der Waals surface area contributed by atoms with Gasteiger partial charge in [-0.25, -0.2) is 0 Å². The average Bonchev–Trinajstić information content (AvgIpc) is 2.70. The lowest BCUT2D eigenvalue weighted by atomic mass is 9.84. The summed E-state index contributed by atoms with van der Waals surface area (Å²) < 4.78 is 65.8. The molecular formula is C20H16N2O7S2. The van der Waals surface area contributed by atoms with Crippen LogP contribution < -0.4 is 0 Å². The number of hydrogen-bond donors (Lipinski definition) is 3. The number of azo groups is 1. The molecule has 0 heterocycles. The van der Waals surface area contributed by atoms with Crippen molar-refractivity contribution in [3.8, 4) is 0 Å². The number of benzene rings is 2. The number of hydrogen-bond acceptors (Lipinski definition) is 7. The third kappa shape index (κ3) is 4.08. The summed E-state index contributed by atoms with van der Waals surface area (Å²) in [5.41, 5.74) is 0.351. The molecule has 2 aliphatic rings. The number of allylic oxidation sites excluding steroid dienone is 4. The van der Waals surface area contributed by atoms with E-state index in [1.807, 2.05) is 0 Å². The van der Waals surface area contributed by atoms with Gasteiger partial charge >= 0.3 is 0 Å². The van der Waals surface area contributed by atoms with E-state index in [1.54, 1.807) is 24.3 Å². The fourth-order valence-electron chi connectivity index (χ4n) is 3.53. The minimum absolute atomic E-state index is 0.112. The van der Waals surface area contributed by atoms with Gasteiger partial charge in [0.05, 0.1) is 4.91 Å². The molecule has 0 aromatic heterocycles. The Hall–Kier alpha value is -3.12.